The van der Waals surface area contributed by atoms with Gasteiger partial charge < -0.3 is 14.8 Å². The van der Waals surface area contributed by atoms with Gasteiger partial charge in [0.25, 0.3) is 11.8 Å². The molecule has 2 amide bonds. The van der Waals surface area contributed by atoms with Gasteiger partial charge >= 0.3 is 0 Å². The minimum Gasteiger partial charge on any atom is -0.347 e. The lowest BCUT2D eigenvalue weighted by atomic mass is 9.85. The van der Waals surface area contributed by atoms with Crippen molar-refractivity contribution in [1.29, 1.82) is 0 Å². The second-order valence-corrected chi connectivity index (χ2v) is 10.5. The van der Waals surface area contributed by atoms with Gasteiger partial charge in [-0.1, -0.05) is 30.3 Å². The third-order valence-corrected chi connectivity index (χ3v) is 7.84. The van der Waals surface area contributed by atoms with Crippen LogP contribution in [0.3, 0.4) is 0 Å². The van der Waals surface area contributed by atoms with Crippen molar-refractivity contribution in [2.45, 2.75) is 44.1 Å². The monoisotopic (exact) mass is 496 g/mol. The van der Waals surface area contributed by atoms with E-state index in [1.54, 1.807) is 11.0 Å². The summed E-state index contributed by atoms with van der Waals surface area (Å²) in [6.45, 7) is 3.11. The van der Waals surface area contributed by atoms with Crippen LogP contribution in [0.1, 0.15) is 68.8 Å². The zero-order valence-electron chi connectivity index (χ0n) is 21.5. The molecule has 2 atom stereocenters. The van der Waals surface area contributed by atoms with Crippen molar-refractivity contribution in [2.24, 2.45) is 14.1 Å². The Morgan fingerprint density at radius 3 is 2.57 bits per heavy atom. The van der Waals surface area contributed by atoms with Gasteiger partial charge in [-0.3, -0.25) is 14.3 Å². The van der Waals surface area contributed by atoms with Crippen molar-refractivity contribution in [1.82, 2.24) is 29.5 Å². The quantitative estimate of drug-likeness (QED) is 0.454. The molecular weight excluding hydrogens is 464 g/mol. The van der Waals surface area contributed by atoms with Crippen LogP contribution in [0.5, 0.6) is 0 Å². The highest BCUT2D eigenvalue weighted by Crippen LogP contribution is 2.39. The van der Waals surface area contributed by atoms with Gasteiger partial charge in [-0.05, 0) is 55.5 Å². The molecule has 0 bridgehead atoms. The van der Waals surface area contributed by atoms with Crippen LogP contribution in [-0.2, 0) is 14.1 Å². The fourth-order valence-corrected chi connectivity index (χ4v) is 5.58. The van der Waals surface area contributed by atoms with E-state index in [0.29, 0.717) is 36.7 Å². The molecule has 6 rings (SSSR count). The number of aromatic nitrogens is 4. The Balaban J connectivity index is 1.25. The molecule has 8 heteroatoms. The normalized spacial score (nSPS) is 19.8. The Morgan fingerprint density at radius 2 is 1.81 bits per heavy atom. The molecule has 2 fully saturated rings. The lowest BCUT2D eigenvalue weighted by Gasteiger charge is -2.39. The highest BCUT2D eigenvalue weighted by molar-refractivity contribution is 5.98. The Bertz CT molecular complexity index is 1480. The largest absolute Gasteiger partial charge is 0.347 e. The number of piperidine rings is 1. The second-order valence-electron chi connectivity index (χ2n) is 10.5. The molecule has 1 saturated heterocycles. The predicted molar refractivity (Wildman–Crippen MR) is 142 cm³/mol. The van der Waals surface area contributed by atoms with Crippen LogP contribution >= 0.6 is 0 Å². The number of fused-ring (bicyclic) bond motifs is 1. The van der Waals surface area contributed by atoms with Crippen LogP contribution < -0.4 is 5.32 Å². The molecule has 4 aromatic rings. The summed E-state index contributed by atoms with van der Waals surface area (Å²) in [7, 11) is 3.77. The number of aryl methyl sites for hydroxylation is 3. The molecule has 0 spiro atoms. The maximum Gasteiger partial charge on any atom is 0.269 e. The summed E-state index contributed by atoms with van der Waals surface area (Å²) >= 11 is 0. The van der Waals surface area contributed by atoms with Crippen LogP contribution in [0.2, 0.25) is 0 Å². The zero-order valence-corrected chi connectivity index (χ0v) is 21.5. The SMILES string of the molecule is Cc1cc(C(=O)N2CC[C@@H](NC(=O)c3cc(C4CC4)nn3C)[C@@H](c3ccccc3)C2)cc2c1ncn2C. The number of nitrogens with one attached hydrogen (secondary N) is 1. The van der Waals surface area contributed by atoms with Crippen molar-refractivity contribution < 1.29 is 9.59 Å². The lowest BCUT2D eigenvalue weighted by molar-refractivity contribution is 0.0671. The topological polar surface area (TPSA) is 85.1 Å². The standard InChI is InChI=1S/C29H32N6O2/c1-18-13-21(14-25-27(18)30-17-33(25)2)29(37)35-12-11-23(22(16-35)19-7-5-4-6-8-19)31-28(36)26-15-24(20-9-10-20)32-34(26)3/h4-8,13-15,17,20,22-23H,9-12,16H2,1-3H3,(H,31,36)/t22-,23-/m1/s1. The van der Waals surface area contributed by atoms with E-state index in [-0.39, 0.29) is 23.8 Å². The molecule has 2 aromatic heterocycles. The highest BCUT2D eigenvalue weighted by atomic mass is 16.2. The molecule has 1 N–H and O–H groups in total. The molecule has 1 aliphatic carbocycles. The molecule has 2 aliphatic rings. The molecule has 1 aliphatic heterocycles. The first kappa shape index (κ1) is 23.5. The number of nitrogens with zero attached hydrogens (tertiary/aromatic N) is 5. The molecular formula is C29H32N6O2. The third-order valence-electron chi connectivity index (χ3n) is 7.84. The number of imidazole rings is 1. The molecule has 0 radical (unpaired) electrons. The van der Waals surface area contributed by atoms with Gasteiger partial charge in [-0.25, -0.2) is 4.98 Å². The van der Waals surface area contributed by atoms with E-state index in [0.717, 1.165) is 40.7 Å². The summed E-state index contributed by atoms with van der Waals surface area (Å²) in [6, 6.07) is 15.9. The van der Waals surface area contributed by atoms with Gasteiger partial charge in [0.15, 0.2) is 0 Å². The summed E-state index contributed by atoms with van der Waals surface area (Å²) < 4.78 is 3.64. The maximum absolute atomic E-state index is 13.7. The summed E-state index contributed by atoms with van der Waals surface area (Å²) in [4.78, 5) is 33.4. The van der Waals surface area contributed by atoms with Crippen molar-refractivity contribution in [3.05, 3.63) is 82.9 Å². The molecule has 3 heterocycles. The fraction of sp³-hybridized carbons (Fsp3) is 0.379. The average Bonchev–Trinajstić information content (AvgIpc) is 3.58. The summed E-state index contributed by atoms with van der Waals surface area (Å²) in [5, 5.41) is 7.84. The minimum atomic E-state index is -0.107. The molecule has 37 heavy (non-hydrogen) atoms. The van der Waals surface area contributed by atoms with Gasteiger partial charge in [-0.15, -0.1) is 0 Å². The van der Waals surface area contributed by atoms with Crippen molar-refractivity contribution in [3.8, 4) is 0 Å². The Morgan fingerprint density at radius 1 is 1.03 bits per heavy atom. The minimum absolute atomic E-state index is 0.0117. The lowest BCUT2D eigenvalue weighted by Crippen LogP contribution is -2.51. The van der Waals surface area contributed by atoms with E-state index in [9.17, 15) is 9.59 Å². The van der Waals surface area contributed by atoms with Gasteiger partial charge in [0.05, 0.1) is 23.1 Å². The first-order chi connectivity index (χ1) is 17.9. The predicted octanol–water partition coefficient (Wildman–Crippen LogP) is 3.92. The number of carbonyl (C=O) groups is 2. The van der Waals surface area contributed by atoms with Crippen LogP contribution in [0.15, 0.2) is 54.9 Å². The number of hydrogen-bond acceptors (Lipinski definition) is 4. The smallest absolute Gasteiger partial charge is 0.269 e. The molecule has 1 saturated carbocycles. The maximum atomic E-state index is 13.7. The molecule has 2 aromatic carbocycles. The summed E-state index contributed by atoms with van der Waals surface area (Å²) in [5.74, 6) is 0.385. The van der Waals surface area contributed by atoms with E-state index in [4.69, 9.17) is 0 Å². The van der Waals surface area contributed by atoms with E-state index >= 15 is 0 Å². The molecule has 8 nitrogen and oxygen atoms in total. The van der Waals surface area contributed by atoms with Crippen LogP contribution in [0, 0.1) is 6.92 Å². The summed E-state index contributed by atoms with van der Waals surface area (Å²) in [5.41, 5.74) is 6.25. The van der Waals surface area contributed by atoms with Crippen LogP contribution in [0.25, 0.3) is 11.0 Å². The average molecular weight is 497 g/mol. The van der Waals surface area contributed by atoms with Crippen LogP contribution in [0.4, 0.5) is 0 Å². The first-order valence-corrected chi connectivity index (χ1v) is 13.0. The van der Waals surface area contributed by atoms with Gasteiger partial charge in [0.2, 0.25) is 0 Å². The Kier molecular flexibility index (Phi) is 5.82. The first-order valence-electron chi connectivity index (χ1n) is 13.0. The Hall–Kier alpha value is -3.94. The van der Waals surface area contributed by atoms with E-state index in [1.807, 2.05) is 66.9 Å². The number of amides is 2. The van der Waals surface area contributed by atoms with Gasteiger partial charge in [0, 0.05) is 50.6 Å². The third kappa shape index (κ3) is 4.41. The van der Waals surface area contributed by atoms with Crippen molar-refractivity contribution in [2.75, 3.05) is 13.1 Å². The van der Waals surface area contributed by atoms with E-state index in [2.05, 4.69) is 27.5 Å². The fourth-order valence-electron chi connectivity index (χ4n) is 5.58. The van der Waals surface area contributed by atoms with Crippen molar-refractivity contribution in [3.63, 3.8) is 0 Å². The van der Waals surface area contributed by atoms with E-state index in [1.165, 1.54) is 0 Å². The zero-order chi connectivity index (χ0) is 25.7. The number of likely N-dealkylation sites (tertiary alicyclic amines) is 1. The molecule has 0 unspecified atom stereocenters. The van der Waals surface area contributed by atoms with Gasteiger partial charge in [0.1, 0.15) is 5.69 Å². The Labute approximate surface area is 216 Å². The number of benzene rings is 2. The second kappa shape index (κ2) is 9.18. The number of hydrogen-bond donors (Lipinski definition) is 1. The number of carbonyl (C=O) groups excluding carboxylic acids is 2. The van der Waals surface area contributed by atoms with Gasteiger partial charge in [-0.2, -0.15) is 5.10 Å². The van der Waals surface area contributed by atoms with Crippen LogP contribution in [-0.4, -0.2) is 55.2 Å². The van der Waals surface area contributed by atoms with E-state index < -0.39 is 0 Å². The summed E-state index contributed by atoms with van der Waals surface area (Å²) in [6.07, 6.45) is 4.75. The van der Waals surface area contributed by atoms with Crippen molar-refractivity contribution >= 4 is 22.8 Å². The molecule has 190 valence electrons. The highest BCUT2D eigenvalue weighted by Gasteiger charge is 2.35. The number of rotatable bonds is 5.